The van der Waals surface area contributed by atoms with Crippen LogP contribution in [0.4, 0.5) is 5.69 Å². The van der Waals surface area contributed by atoms with Crippen LogP contribution in [0.3, 0.4) is 0 Å². The van der Waals surface area contributed by atoms with E-state index in [0.29, 0.717) is 30.8 Å². The number of hydrogen-bond donors (Lipinski definition) is 4. The van der Waals surface area contributed by atoms with E-state index in [9.17, 15) is 14.4 Å². The van der Waals surface area contributed by atoms with Gasteiger partial charge in [0.25, 0.3) is 5.91 Å². The number of benzene rings is 1. The summed E-state index contributed by atoms with van der Waals surface area (Å²) < 4.78 is 0. The predicted molar refractivity (Wildman–Crippen MR) is 101 cm³/mol. The molecule has 0 bridgehead atoms. The highest BCUT2D eigenvalue weighted by Crippen LogP contribution is 2.18. The number of halogens is 1. The first-order chi connectivity index (χ1) is 11.2. The van der Waals surface area contributed by atoms with Crippen LogP contribution in [0.2, 0.25) is 0 Å². The van der Waals surface area contributed by atoms with Crippen LogP contribution in [-0.2, 0) is 9.59 Å². The second kappa shape index (κ2) is 10.7. The molecule has 0 aliphatic carbocycles. The van der Waals surface area contributed by atoms with Gasteiger partial charge < -0.3 is 21.7 Å². The van der Waals surface area contributed by atoms with E-state index < -0.39 is 5.91 Å². The first-order valence-corrected chi connectivity index (χ1v) is 7.87. The lowest BCUT2D eigenvalue weighted by molar-refractivity contribution is -0.125. The molecule has 5 N–H and O–H groups in total. The van der Waals surface area contributed by atoms with E-state index in [1.807, 2.05) is 20.8 Å². The Kier molecular flexibility index (Phi) is 9.78. The molecule has 25 heavy (non-hydrogen) atoms. The van der Waals surface area contributed by atoms with Crippen LogP contribution in [0.25, 0.3) is 0 Å². The molecule has 0 saturated heterocycles. The number of amides is 3. The highest BCUT2D eigenvalue weighted by molar-refractivity contribution is 6.04. The van der Waals surface area contributed by atoms with Gasteiger partial charge in [-0.2, -0.15) is 0 Å². The molecular formula is C17H27ClN4O3. The summed E-state index contributed by atoms with van der Waals surface area (Å²) in [4.78, 5) is 35.8. The average Bonchev–Trinajstić information content (AvgIpc) is 2.49. The zero-order valence-electron chi connectivity index (χ0n) is 14.8. The van der Waals surface area contributed by atoms with Gasteiger partial charge in [0, 0.05) is 19.5 Å². The second-order valence-corrected chi connectivity index (χ2v) is 6.65. The van der Waals surface area contributed by atoms with Crippen LogP contribution >= 0.6 is 12.4 Å². The predicted octanol–water partition coefficient (Wildman–Crippen LogP) is 1.29. The number of carbonyl (C=O) groups is 3. The normalized spacial score (nSPS) is 10.4. The van der Waals surface area contributed by atoms with E-state index in [0.717, 1.165) is 0 Å². The van der Waals surface area contributed by atoms with Crippen molar-refractivity contribution in [2.24, 2.45) is 11.1 Å². The van der Waals surface area contributed by atoms with Crippen molar-refractivity contribution in [2.45, 2.75) is 27.2 Å². The van der Waals surface area contributed by atoms with Gasteiger partial charge in [0.2, 0.25) is 11.8 Å². The molecule has 0 heterocycles. The number of nitrogens with one attached hydrogen (secondary N) is 3. The van der Waals surface area contributed by atoms with E-state index in [4.69, 9.17) is 5.73 Å². The zero-order valence-corrected chi connectivity index (χ0v) is 15.7. The number of rotatable bonds is 7. The van der Waals surface area contributed by atoms with Gasteiger partial charge in [-0.05, 0) is 17.5 Å². The van der Waals surface area contributed by atoms with E-state index >= 15 is 0 Å². The highest BCUT2D eigenvalue weighted by atomic mass is 35.5. The van der Waals surface area contributed by atoms with Crippen LogP contribution in [0.5, 0.6) is 0 Å². The topological polar surface area (TPSA) is 113 Å². The lowest BCUT2D eigenvalue weighted by atomic mass is 9.92. The van der Waals surface area contributed by atoms with Gasteiger partial charge in [-0.3, -0.25) is 14.4 Å². The highest BCUT2D eigenvalue weighted by Gasteiger charge is 2.17. The monoisotopic (exact) mass is 370 g/mol. The Morgan fingerprint density at radius 1 is 1.04 bits per heavy atom. The average molecular weight is 371 g/mol. The van der Waals surface area contributed by atoms with Gasteiger partial charge >= 0.3 is 0 Å². The van der Waals surface area contributed by atoms with Crippen molar-refractivity contribution in [2.75, 3.05) is 25.0 Å². The van der Waals surface area contributed by atoms with Gasteiger partial charge in [-0.15, -0.1) is 12.4 Å². The molecule has 0 aliphatic heterocycles. The summed E-state index contributed by atoms with van der Waals surface area (Å²) in [7, 11) is 0. The fourth-order valence-electron chi connectivity index (χ4n) is 1.99. The van der Waals surface area contributed by atoms with Crippen molar-refractivity contribution >= 4 is 35.8 Å². The third-order valence-corrected chi connectivity index (χ3v) is 3.01. The Labute approximate surface area is 154 Å². The maximum atomic E-state index is 12.0. The van der Waals surface area contributed by atoms with Gasteiger partial charge in [-0.25, -0.2) is 0 Å². The third kappa shape index (κ3) is 9.07. The molecule has 0 unspecified atom stereocenters. The molecule has 7 nitrogen and oxygen atoms in total. The first kappa shape index (κ1) is 22.9. The molecule has 1 aromatic rings. The number of nitrogens with two attached hydrogens (primary N) is 1. The lowest BCUT2D eigenvalue weighted by Crippen LogP contribution is -2.35. The zero-order chi connectivity index (χ0) is 18.2. The van der Waals surface area contributed by atoms with Crippen LogP contribution in [0, 0.1) is 5.41 Å². The Balaban J connectivity index is 0.00000576. The van der Waals surface area contributed by atoms with Crippen molar-refractivity contribution in [3.05, 3.63) is 29.8 Å². The molecule has 0 fully saturated rings. The summed E-state index contributed by atoms with van der Waals surface area (Å²) in [5.41, 5.74) is 5.95. The minimum absolute atomic E-state index is 0. The summed E-state index contributed by atoms with van der Waals surface area (Å²) in [6.07, 6.45) is 0.332. The lowest BCUT2D eigenvalue weighted by Gasteiger charge is -2.17. The molecule has 0 aliphatic rings. The molecule has 0 atom stereocenters. The molecule has 0 aromatic heterocycles. The summed E-state index contributed by atoms with van der Waals surface area (Å²) in [6.45, 7) is 6.38. The Morgan fingerprint density at radius 3 is 2.28 bits per heavy atom. The Bertz CT molecular complexity index is 600. The Hall–Kier alpha value is -2.12. The molecule has 1 aromatic carbocycles. The molecule has 1 rings (SSSR count). The van der Waals surface area contributed by atoms with E-state index in [2.05, 4.69) is 16.0 Å². The molecule has 8 heteroatoms. The van der Waals surface area contributed by atoms with Crippen LogP contribution in [-0.4, -0.2) is 37.4 Å². The van der Waals surface area contributed by atoms with Crippen molar-refractivity contribution in [1.29, 1.82) is 0 Å². The number of anilines is 1. The second-order valence-electron chi connectivity index (χ2n) is 6.65. The fourth-order valence-corrected chi connectivity index (χ4v) is 1.99. The van der Waals surface area contributed by atoms with E-state index in [1.165, 1.54) is 0 Å². The minimum atomic E-state index is -0.392. The molecular weight excluding hydrogens is 344 g/mol. The standard InChI is InChI=1S/C17H26N4O3.ClH/c1-17(2,3)10-14(22)20-11-15(23)21-13-7-5-4-6-12(13)16(24)19-9-8-18;/h4-7H,8-11,18H2,1-3H3,(H,19,24)(H,20,22)(H,21,23);1H. The quantitative estimate of drug-likeness (QED) is 0.579. The van der Waals surface area contributed by atoms with Gasteiger partial charge in [0.05, 0.1) is 17.8 Å². The van der Waals surface area contributed by atoms with Gasteiger partial charge in [0.15, 0.2) is 0 Å². The van der Waals surface area contributed by atoms with E-state index in [1.54, 1.807) is 24.3 Å². The molecule has 140 valence electrons. The maximum Gasteiger partial charge on any atom is 0.253 e. The van der Waals surface area contributed by atoms with Crippen LogP contribution in [0.1, 0.15) is 37.6 Å². The van der Waals surface area contributed by atoms with Crippen molar-refractivity contribution in [3.63, 3.8) is 0 Å². The largest absolute Gasteiger partial charge is 0.351 e. The molecule has 0 spiro atoms. The number of para-hydroxylation sites is 1. The molecule has 0 radical (unpaired) electrons. The van der Waals surface area contributed by atoms with Crippen LogP contribution in [0.15, 0.2) is 24.3 Å². The van der Waals surface area contributed by atoms with Crippen molar-refractivity contribution in [3.8, 4) is 0 Å². The summed E-state index contributed by atoms with van der Waals surface area (Å²) >= 11 is 0. The number of hydrogen-bond acceptors (Lipinski definition) is 4. The van der Waals surface area contributed by atoms with Crippen LogP contribution < -0.4 is 21.7 Å². The summed E-state index contributed by atoms with van der Waals surface area (Å²) in [5, 5.41) is 7.87. The maximum absolute atomic E-state index is 12.0. The fraction of sp³-hybridized carbons (Fsp3) is 0.471. The number of carbonyl (C=O) groups excluding carboxylic acids is 3. The summed E-state index contributed by atoms with van der Waals surface area (Å²) in [6, 6.07) is 6.66. The minimum Gasteiger partial charge on any atom is -0.351 e. The van der Waals surface area contributed by atoms with Crippen molar-refractivity contribution in [1.82, 2.24) is 10.6 Å². The van der Waals surface area contributed by atoms with Gasteiger partial charge in [0.1, 0.15) is 0 Å². The molecule has 3 amide bonds. The smallest absolute Gasteiger partial charge is 0.253 e. The first-order valence-electron chi connectivity index (χ1n) is 7.87. The van der Waals surface area contributed by atoms with E-state index in [-0.39, 0.29) is 36.2 Å². The third-order valence-electron chi connectivity index (χ3n) is 3.01. The van der Waals surface area contributed by atoms with Crippen molar-refractivity contribution < 1.29 is 14.4 Å². The SMILES string of the molecule is CC(C)(C)CC(=O)NCC(=O)Nc1ccccc1C(=O)NCCN.Cl. The summed E-state index contributed by atoms with van der Waals surface area (Å²) in [5.74, 6) is -0.893. The van der Waals surface area contributed by atoms with Gasteiger partial charge in [-0.1, -0.05) is 32.9 Å². The Morgan fingerprint density at radius 2 is 1.68 bits per heavy atom. The molecule has 0 saturated carbocycles.